The fourth-order valence-corrected chi connectivity index (χ4v) is 4.82. The molecule has 0 saturated carbocycles. The number of carbonyl (C=O) groups is 1. The van der Waals surface area contributed by atoms with E-state index in [2.05, 4.69) is 0 Å². The number of aromatic carboxylic acids is 1. The average molecular weight is 485 g/mol. The first-order valence-corrected chi connectivity index (χ1v) is 11.7. The lowest BCUT2D eigenvalue weighted by Crippen LogP contribution is -2.07. The van der Waals surface area contributed by atoms with Gasteiger partial charge in [0.2, 0.25) is 0 Å². The molecule has 4 aromatic rings. The van der Waals surface area contributed by atoms with Crippen LogP contribution in [0.1, 0.15) is 10.4 Å². The highest BCUT2D eigenvalue weighted by atomic mass is 16.4. The van der Waals surface area contributed by atoms with E-state index in [4.69, 9.17) is 4.42 Å². The molecule has 1 heterocycles. The number of hydrogen-bond acceptors (Lipinski definition) is 4. The number of carboxylic acids is 1. The first-order valence-electron chi connectivity index (χ1n) is 11.7. The maximum absolute atomic E-state index is 13.1. The van der Waals surface area contributed by atoms with Gasteiger partial charge < -0.3 is 14.6 Å². The van der Waals surface area contributed by atoms with Crippen LogP contribution in [0.2, 0.25) is 0 Å². The third-order valence-corrected chi connectivity index (χ3v) is 6.53. The zero-order chi connectivity index (χ0) is 25.5. The molecule has 0 fully saturated rings. The van der Waals surface area contributed by atoms with Crippen LogP contribution in [0.3, 0.4) is 0 Å². The lowest BCUT2D eigenvalue weighted by Gasteiger charge is -2.19. The van der Waals surface area contributed by atoms with Gasteiger partial charge in [-0.15, -0.1) is 0 Å². The van der Waals surface area contributed by atoms with Gasteiger partial charge in [0.05, 0.1) is 5.56 Å². The number of hydrogen-bond donors (Lipinski definition) is 2. The standard InChI is InChI=1S/C32H20O5/c33-27-17-29-25(15-23(27)19-9-3-1-4-10-19)31(21-13-7-8-14-22(21)32(35)36)26-16-24(20-11-5-2-6-12-20)28(34)18-30(26)37-29/h1-18,33H,(H,35,36). The van der Waals surface area contributed by atoms with Gasteiger partial charge in [-0.05, 0) is 34.9 Å². The summed E-state index contributed by atoms with van der Waals surface area (Å²) in [6.45, 7) is 0. The van der Waals surface area contributed by atoms with Crippen LogP contribution < -0.4 is 5.43 Å². The number of rotatable bonds is 4. The molecule has 0 atom stereocenters. The third-order valence-electron chi connectivity index (χ3n) is 6.53. The molecule has 0 spiro atoms. The van der Waals surface area contributed by atoms with Crippen molar-refractivity contribution in [3.8, 4) is 50.5 Å². The zero-order valence-corrected chi connectivity index (χ0v) is 19.5. The van der Waals surface area contributed by atoms with Crippen molar-refractivity contribution in [1.82, 2.24) is 0 Å². The Bertz CT molecular complexity index is 1820. The molecular formula is C32H20O5. The van der Waals surface area contributed by atoms with Crippen LogP contribution in [0.4, 0.5) is 0 Å². The van der Waals surface area contributed by atoms with E-state index >= 15 is 0 Å². The molecule has 0 aromatic heterocycles. The Kier molecular flexibility index (Phi) is 5.31. The minimum Gasteiger partial charge on any atom is -0.507 e. The fourth-order valence-electron chi connectivity index (χ4n) is 4.82. The van der Waals surface area contributed by atoms with E-state index in [9.17, 15) is 19.8 Å². The van der Waals surface area contributed by atoms with E-state index in [1.165, 1.54) is 12.1 Å². The van der Waals surface area contributed by atoms with Crippen molar-refractivity contribution < 1.29 is 19.4 Å². The molecule has 0 radical (unpaired) electrons. The Morgan fingerprint density at radius 2 is 1.27 bits per heavy atom. The smallest absolute Gasteiger partial charge is 0.336 e. The molecule has 0 bridgehead atoms. The van der Waals surface area contributed by atoms with Crippen molar-refractivity contribution in [2.75, 3.05) is 0 Å². The Hall–Kier alpha value is -5.16. The predicted octanol–water partition coefficient (Wildman–Crippen LogP) is 7.30. The fraction of sp³-hybridized carbons (Fsp3) is 0. The van der Waals surface area contributed by atoms with Gasteiger partial charge in [0.1, 0.15) is 17.1 Å². The van der Waals surface area contributed by atoms with Crippen LogP contribution in [0.25, 0.3) is 55.7 Å². The number of fused-ring (bicyclic) bond motifs is 2. The maximum atomic E-state index is 13.1. The lowest BCUT2D eigenvalue weighted by atomic mass is 9.88. The normalized spacial score (nSPS) is 11.1. The second-order valence-electron chi connectivity index (χ2n) is 8.77. The van der Waals surface area contributed by atoms with Gasteiger partial charge in [0.15, 0.2) is 5.43 Å². The molecule has 178 valence electrons. The number of carboxylic acid groups (broad SMARTS) is 1. The highest BCUT2D eigenvalue weighted by Crippen LogP contribution is 2.45. The summed E-state index contributed by atoms with van der Waals surface area (Å²) in [5, 5.41) is 21.5. The molecule has 5 heteroatoms. The van der Waals surface area contributed by atoms with Gasteiger partial charge in [-0.2, -0.15) is 0 Å². The molecule has 1 aliphatic carbocycles. The van der Waals surface area contributed by atoms with Gasteiger partial charge in [-0.1, -0.05) is 78.9 Å². The summed E-state index contributed by atoms with van der Waals surface area (Å²) < 4.78 is 6.14. The van der Waals surface area contributed by atoms with Gasteiger partial charge in [-0.25, -0.2) is 4.79 Å². The summed E-state index contributed by atoms with van der Waals surface area (Å²) >= 11 is 0. The van der Waals surface area contributed by atoms with Gasteiger partial charge in [-0.3, -0.25) is 4.79 Å². The molecule has 0 saturated heterocycles. The molecule has 0 amide bonds. The van der Waals surface area contributed by atoms with E-state index in [0.29, 0.717) is 44.5 Å². The number of aromatic hydroxyl groups is 1. The Morgan fingerprint density at radius 3 is 1.95 bits per heavy atom. The maximum Gasteiger partial charge on any atom is 0.336 e. The number of phenolic OH excluding ortho intramolecular Hbond substituents is 1. The third kappa shape index (κ3) is 3.83. The number of phenols is 1. The second-order valence-corrected chi connectivity index (χ2v) is 8.77. The van der Waals surface area contributed by atoms with Crippen molar-refractivity contribution >= 4 is 16.9 Å². The minimum atomic E-state index is -1.07. The van der Waals surface area contributed by atoms with Crippen LogP contribution in [-0.2, 0) is 0 Å². The van der Waals surface area contributed by atoms with Gasteiger partial charge in [0.25, 0.3) is 0 Å². The summed E-state index contributed by atoms with van der Waals surface area (Å²) in [7, 11) is 0. The van der Waals surface area contributed by atoms with E-state index in [1.807, 2.05) is 66.7 Å². The second kappa shape index (κ2) is 8.81. The summed E-state index contributed by atoms with van der Waals surface area (Å²) in [4.78, 5) is 25.3. The summed E-state index contributed by atoms with van der Waals surface area (Å²) in [5.74, 6) is -0.745. The van der Waals surface area contributed by atoms with Crippen molar-refractivity contribution in [3.05, 3.63) is 125 Å². The van der Waals surface area contributed by atoms with Gasteiger partial charge >= 0.3 is 5.97 Å². The Morgan fingerprint density at radius 1 is 0.649 bits per heavy atom. The molecule has 1 aliphatic heterocycles. The quantitative estimate of drug-likeness (QED) is 0.256. The lowest BCUT2D eigenvalue weighted by molar-refractivity contribution is 0.0697. The van der Waals surface area contributed by atoms with Crippen LogP contribution in [0.5, 0.6) is 5.75 Å². The first kappa shape index (κ1) is 22.3. The highest BCUT2D eigenvalue weighted by Gasteiger charge is 2.24. The van der Waals surface area contributed by atoms with E-state index < -0.39 is 5.97 Å². The molecule has 37 heavy (non-hydrogen) atoms. The van der Waals surface area contributed by atoms with Crippen LogP contribution in [-0.4, -0.2) is 16.2 Å². The van der Waals surface area contributed by atoms with Gasteiger partial charge in [0, 0.05) is 39.8 Å². The summed E-state index contributed by atoms with van der Waals surface area (Å²) in [6, 6.07) is 32.0. The van der Waals surface area contributed by atoms with E-state index in [-0.39, 0.29) is 16.7 Å². The Balaban J connectivity index is 1.78. The Labute approximate surface area is 211 Å². The molecule has 2 N–H and O–H groups in total. The first-order chi connectivity index (χ1) is 18.0. The summed E-state index contributed by atoms with van der Waals surface area (Å²) in [6.07, 6.45) is 0. The molecule has 0 unspecified atom stereocenters. The topological polar surface area (TPSA) is 87.7 Å². The molecule has 6 rings (SSSR count). The molecule has 2 aliphatic rings. The molecule has 5 nitrogen and oxygen atoms in total. The van der Waals surface area contributed by atoms with Crippen LogP contribution in [0.15, 0.2) is 118 Å². The van der Waals surface area contributed by atoms with Crippen molar-refractivity contribution in [3.63, 3.8) is 0 Å². The predicted molar refractivity (Wildman–Crippen MR) is 144 cm³/mol. The van der Waals surface area contributed by atoms with Crippen LogP contribution >= 0.6 is 0 Å². The minimum absolute atomic E-state index is 0.0162. The van der Waals surface area contributed by atoms with Crippen molar-refractivity contribution in [1.29, 1.82) is 0 Å². The zero-order valence-electron chi connectivity index (χ0n) is 19.5. The monoisotopic (exact) mass is 484 g/mol. The largest absolute Gasteiger partial charge is 0.507 e. The molecular weight excluding hydrogens is 464 g/mol. The number of benzene rings is 5. The van der Waals surface area contributed by atoms with E-state index in [0.717, 1.165) is 11.1 Å². The van der Waals surface area contributed by atoms with E-state index in [1.54, 1.807) is 30.3 Å². The average Bonchev–Trinajstić information content (AvgIpc) is 2.92. The molecule has 4 aromatic carbocycles. The summed E-state index contributed by atoms with van der Waals surface area (Å²) in [5.41, 5.74) is 4.58. The van der Waals surface area contributed by atoms with Crippen molar-refractivity contribution in [2.45, 2.75) is 0 Å². The highest BCUT2D eigenvalue weighted by molar-refractivity contribution is 6.09. The SMILES string of the molecule is O=C(O)c1ccccc1-c1c2cc(-c3ccccc3)c(=O)cc-2oc2cc(O)c(-c3ccccc3)cc12. The van der Waals surface area contributed by atoms with Crippen molar-refractivity contribution in [2.24, 2.45) is 0 Å². The van der Waals surface area contributed by atoms with Crippen LogP contribution in [0, 0.1) is 0 Å².